The second-order valence-corrected chi connectivity index (χ2v) is 7.13. The minimum atomic E-state index is 0.119. The van der Waals surface area contributed by atoms with Gasteiger partial charge >= 0.3 is 0 Å². The Morgan fingerprint density at radius 1 is 1.12 bits per heavy atom. The first-order valence-corrected chi connectivity index (χ1v) is 9.04. The van der Waals surface area contributed by atoms with Crippen molar-refractivity contribution < 1.29 is 0 Å². The van der Waals surface area contributed by atoms with Crippen LogP contribution in [0.3, 0.4) is 0 Å². The number of rotatable bonds is 6. The van der Waals surface area contributed by atoms with Crippen LogP contribution in [0.4, 0.5) is 0 Å². The summed E-state index contributed by atoms with van der Waals surface area (Å²) in [5.74, 6) is 1.13. The maximum atomic E-state index is 12.2. The molecule has 0 aromatic carbocycles. The molecule has 4 rings (SSSR count). The molecule has 0 N–H and O–H groups in total. The Kier molecular flexibility index (Phi) is 4.47. The van der Waals surface area contributed by atoms with Gasteiger partial charge in [-0.05, 0) is 50.8 Å². The predicted molar refractivity (Wildman–Crippen MR) is 91.9 cm³/mol. The number of piperidine rings is 1. The molecule has 0 unspecified atom stereocenters. The lowest BCUT2D eigenvalue weighted by atomic mass is 9.96. The summed E-state index contributed by atoms with van der Waals surface area (Å²) in [7, 11) is 0. The van der Waals surface area contributed by atoms with Crippen molar-refractivity contribution in [2.45, 2.75) is 44.7 Å². The second-order valence-electron chi connectivity index (χ2n) is 7.13. The fourth-order valence-corrected chi connectivity index (χ4v) is 3.53. The van der Waals surface area contributed by atoms with E-state index < -0.39 is 0 Å². The van der Waals surface area contributed by atoms with Gasteiger partial charge in [-0.1, -0.05) is 0 Å². The minimum absolute atomic E-state index is 0.119. The molecule has 24 heavy (non-hydrogen) atoms. The molecule has 2 aromatic rings. The normalized spacial score (nSPS) is 19.7. The van der Waals surface area contributed by atoms with Gasteiger partial charge in [-0.15, -0.1) is 0 Å². The van der Waals surface area contributed by atoms with Crippen molar-refractivity contribution in [2.24, 2.45) is 5.92 Å². The number of hydrogen-bond donors (Lipinski definition) is 0. The molecular formula is C18H25N5O. The third kappa shape index (κ3) is 3.75. The van der Waals surface area contributed by atoms with Crippen molar-refractivity contribution >= 4 is 0 Å². The van der Waals surface area contributed by atoms with E-state index in [1.54, 1.807) is 17.0 Å². The number of likely N-dealkylation sites (tertiary alicyclic amines) is 1. The van der Waals surface area contributed by atoms with E-state index in [-0.39, 0.29) is 5.56 Å². The SMILES string of the molecule is O=c1cc(C2CC2)ncn1CC1CCN(CCn2cccn2)CC1. The predicted octanol–water partition coefficient (Wildman–Crippen LogP) is 1.73. The molecule has 3 heterocycles. The van der Waals surface area contributed by atoms with Crippen LogP contribution in [0.2, 0.25) is 0 Å². The van der Waals surface area contributed by atoms with Gasteiger partial charge in [0.1, 0.15) is 0 Å². The minimum Gasteiger partial charge on any atom is -0.301 e. The topological polar surface area (TPSA) is 56.0 Å². The van der Waals surface area contributed by atoms with Crippen LogP contribution >= 0.6 is 0 Å². The van der Waals surface area contributed by atoms with Crippen LogP contribution in [0.15, 0.2) is 35.6 Å². The molecule has 1 aliphatic carbocycles. The van der Waals surface area contributed by atoms with Gasteiger partial charge in [-0.25, -0.2) is 4.98 Å². The van der Waals surface area contributed by atoms with Gasteiger partial charge in [0, 0.05) is 37.5 Å². The molecule has 0 radical (unpaired) electrons. The summed E-state index contributed by atoms with van der Waals surface area (Å²) in [4.78, 5) is 19.2. The first-order chi connectivity index (χ1) is 11.8. The lowest BCUT2D eigenvalue weighted by molar-refractivity contribution is 0.166. The highest BCUT2D eigenvalue weighted by Crippen LogP contribution is 2.38. The summed E-state index contributed by atoms with van der Waals surface area (Å²) in [6.45, 7) is 5.02. The van der Waals surface area contributed by atoms with E-state index in [1.807, 2.05) is 23.1 Å². The highest BCUT2D eigenvalue weighted by molar-refractivity contribution is 5.12. The fraction of sp³-hybridized carbons (Fsp3) is 0.611. The van der Waals surface area contributed by atoms with Gasteiger partial charge < -0.3 is 4.90 Å². The average molecular weight is 327 g/mol. The van der Waals surface area contributed by atoms with Crippen LogP contribution in [0.1, 0.15) is 37.3 Å². The van der Waals surface area contributed by atoms with Crippen LogP contribution in [0.5, 0.6) is 0 Å². The van der Waals surface area contributed by atoms with E-state index >= 15 is 0 Å². The number of aromatic nitrogens is 4. The van der Waals surface area contributed by atoms with Gasteiger partial charge in [-0.2, -0.15) is 5.10 Å². The standard InChI is InChI=1S/C18H25N5O/c24-18-12-17(16-2-3-16)19-14-22(18)13-15-4-8-21(9-5-15)10-11-23-7-1-6-20-23/h1,6-7,12,14-16H,2-5,8-11,13H2. The van der Waals surface area contributed by atoms with Gasteiger partial charge in [0.15, 0.2) is 0 Å². The quantitative estimate of drug-likeness (QED) is 0.811. The Hall–Kier alpha value is -1.95. The molecule has 6 nitrogen and oxygen atoms in total. The molecule has 0 spiro atoms. The van der Waals surface area contributed by atoms with Gasteiger partial charge in [0.2, 0.25) is 0 Å². The Bertz CT molecular complexity index is 711. The van der Waals surface area contributed by atoms with E-state index in [1.165, 1.54) is 12.8 Å². The van der Waals surface area contributed by atoms with E-state index in [0.717, 1.165) is 51.3 Å². The zero-order valence-electron chi connectivity index (χ0n) is 14.0. The van der Waals surface area contributed by atoms with Crippen LogP contribution < -0.4 is 5.56 Å². The van der Waals surface area contributed by atoms with Gasteiger partial charge in [-0.3, -0.25) is 14.0 Å². The third-order valence-electron chi connectivity index (χ3n) is 5.26. The Morgan fingerprint density at radius 2 is 1.96 bits per heavy atom. The highest BCUT2D eigenvalue weighted by Gasteiger charge is 2.26. The van der Waals surface area contributed by atoms with Gasteiger partial charge in [0.05, 0.1) is 18.6 Å². The highest BCUT2D eigenvalue weighted by atomic mass is 16.1. The van der Waals surface area contributed by atoms with Crippen LogP contribution in [-0.4, -0.2) is 43.9 Å². The van der Waals surface area contributed by atoms with Crippen molar-refractivity contribution in [3.05, 3.63) is 46.9 Å². The molecule has 128 valence electrons. The van der Waals surface area contributed by atoms with Crippen molar-refractivity contribution in [2.75, 3.05) is 19.6 Å². The molecule has 0 amide bonds. The number of hydrogen-bond acceptors (Lipinski definition) is 4. The molecule has 0 bridgehead atoms. The molecule has 1 saturated carbocycles. The van der Waals surface area contributed by atoms with Crippen LogP contribution in [0, 0.1) is 5.92 Å². The zero-order chi connectivity index (χ0) is 16.4. The van der Waals surface area contributed by atoms with Crippen molar-refractivity contribution in [1.29, 1.82) is 0 Å². The molecule has 1 aliphatic heterocycles. The first-order valence-electron chi connectivity index (χ1n) is 9.04. The molecule has 6 heteroatoms. The Morgan fingerprint density at radius 3 is 2.62 bits per heavy atom. The summed E-state index contributed by atoms with van der Waals surface area (Å²) in [6, 6.07) is 3.71. The lowest BCUT2D eigenvalue weighted by Crippen LogP contribution is -2.38. The summed E-state index contributed by atoms with van der Waals surface area (Å²) < 4.78 is 3.79. The second kappa shape index (κ2) is 6.89. The fourth-order valence-electron chi connectivity index (χ4n) is 3.53. The Balaban J connectivity index is 1.26. The van der Waals surface area contributed by atoms with E-state index in [0.29, 0.717) is 11.8 Å². The first kappa shape index (κ1) is 15.6. The monoisotopic (exact) mass is 327 g/mol. The zero-order valence-corrected chi connectivity index (χ0v) is 14.0. The van der Waals surface area contributed by atoms with E-state index in [2.05, 4.69) is 15.0 Å². The summed E-state index contributed by atoms with van der Waals surface area (Å²) in [5, 5.41) is 4.25. The largest absolute Gasteiger partial charge is 0.301 e. The smallest absolute Gasteiger partial charge is 0.253 e. The van der Waals surface area contributed by atoms with Crippen LogP contribution in [0.25, 0.3) is 0 Å². The molecule has 2 fully saturated rings. The summed E-state index contributed by atoms with van der Waals surface area (Å²) in [5.41, 5.74) is 1.11. The molecule has 2 aliphatic rings. The summed E-state index contributed by atoms with van der Waals surface area (Å²) in [6.07, 6.45) is 10.3. The number of nitrogens with zero attached hydrogens (tertiary/aromatic N) is 5. The molecule has 2 aromatic heterocycles. The van der Waals surface area contributed by atoms with Crippen molar-refractivity contribution in [3.8, 4) is 0 Å². The maximum absolute atomic E-state index is 12.2. The third-order valence-corrected chi connectivity index (χ3v) is 5.26. The molecule has 1 saturated heterocycles. The summed E-state index contributed by atoms with van der Waals surface area (Å²) >= 11 is 0. The average Bonchev–Trinajstić information content (AvgIpc) is 3.32. The maximum Gasteiger partial charge on any atom is 0.253 e. The van der Waals surface area contributed by atoms with E-state index in [4.69, 9.17) is 0 Å². The van der Waals surface area contributed by atoms with Crippen LogP contribution in [-0.2, 0) is 13.1 Å². The molecule has 0 atom stereocenters. The Labute approximate surface area is 142 Å². The lowest BCUT2D eigenvalue weighted by Gasteiger charge is -2.32. The molecular weight excluding hydrogens is 302 g/mol. The van der Waals surface area contributed by atoms with Crippen molar-refractivity contribution in [3.63, 3.8) is 0 Å². The van der Waals surface area contributed by atoms with E-state index in [9.17, 15) is 4.79 Å². The van der Waals surface area contributed by atoms with Gasteiger partial charge in [0.25, 0.3) is 5.56 Å². The van der Waals surface area contributed by atoms with Crippen molar-refractivity contribution in [1.82, 2.24) is 24.2 Å².